The summed E-state index contributed by atoms with van der Waals surface area (Å²) in [6.07, 6.45) is 6.44. The van der Waals surface area contributed by atoms with Crippen molar-refractivity contribution in [1.82, 2.24) is 13.7 Å². The van der Waals surface area contributed by atoms with Crippen LogP contribution < -0.4 is 20.7 Å². The summed E-state index contributed by atoms with van der Waals surface area (Å²) >= 11 is 0. The molecule has 9 aromatic carbocycles. The maximum atomic E-state index is 4.45. The highest BCUT2D eigenvalue weighted by atomic mass is 28.3. The number of nitrogens with zero attached hydrogens (tertiary/aromatic N) is 3. The Morgan fingerprint density at radius 2 is 0.862 bits per heavy atom. The molecule has 0 bridgehead atoms. The van der Waals surface area contributed by atoms with Crippen LogP contribution in [0.25, 0.3) is 83.7 Å². The van der Waals surface area contributed by atoms with Gasteiger partial charge in [-0.3, -0.25) is 0 Å². The van der Waals surface area contributed by atoms with E-state index in [1.807, 2.05) is 6.08 Å². The molecule has 3 nitrogen and oxygen atoms in total. The Labute approximate surface area is 379 Å². The lowest BCUT2D eigenvalue weighted by molar-refractivity contribution is 1.11. The van der Waals surface area contributed by atoms with Gasteiger partial charge in [-0.1, -0.05) is 183 Å². The van der Waals surface area contributed by atoms with E-state index in [1.54, 1.807) is 0 Å². The lowest BCUT2D eigenvalue weighted by Crippen LogP contribution is -2.75. The van der Waals surface area contributed by atoms with Gasteiger partial charge in [-0.25, -0.2) is 0 Å². The van der Waals surface area contributed by atoms with Gasteiger partial charge in [0.1, 0.15) is 0 Å². The van der Waals surface area contributed by atoms with Gasteiger partial charge >= 0.3 is 0 Å². The van der Waals surface area contributed by atoms with Crippen LogP contribution in [0.2, 0.25) is 0 Å². The Morgan fingerprint density at radius 3 is 1.46 bits per heavy atom. The van der Waals surface area contributed by atoms with Crippen molar-refractivity contribution in [2.75, 3.05) is 0 Å². The average Bonchev–Trinajstić information content (AvgIpc) is 4.01. The second kappa shape index (κ2) is 15.6. The monoisotopic (exact) mass is 847 g/mol. The van der Waals surface area contributed by atoms with Gasteiger partial charge in [-0.15, -0.1) is 0 Å². The van der Waals surface area contributed by atoms with Gasteiger partial charge in [0.15, 0.2) is 8.07 Å². The first-order chi connectivity index (χ1) is 32.2. The fraction of sp³-hybridized carbons (Fsp3) is 0.0164. The first-order valence-corrected chi connectivity index (χ1v) is 24.4. The van der Waals surface area contributed by atoms with Crippen LogP contribution in [0.3, 0.4) is 0 Å². The molecule has 0 aliphatic rings. The maximum Gasteiger partial charge on any atom is 0.181 e. The van der Waals surface area contributed by atoms with E-state index >= 15 is 0 Å². The van der Waals surface area contributed by atoms with Crippen molar-refractivity contribution in [2.45, 2.75) is 6.92 Å². The highest BCUT2D eigenvalue weighted by Gasteiger charge is 2.43. The van der Waals surface area contributed by atoms with Crippen LogP contribution in [0, 0.1) is 0 Å². The van der Waals surface area contributed by atoms with E-state index in [1.165, 1.54) is 75.3 Å². The minimum atomic E-state index is -3.06. The summed E-state index contributed by atoms with van der Waals surface area (Å²) < 4.78 is 7.32. The van der Waals surface area contributed by atoms with Gasteiger partial charge in [0.25, 0.3) is 0 Å². The van der Waals surface area contributed by atoms with Crippen molar-refractivity contribution in [3.05, 3.63) is 248 Å². The minimum absolute atomic E-state index is 1.07. The van der Waals surface area contributed by atoms with Gasteiger partial charge in [0, 0.05) is 49.6 Å². The molecule has 3 aromatic heterocycles. The molecule has 0 saturated heterocycles. The number of benzene rings is 9. The molecule has 0 fully saturated rings. The fourth-order valence-corrected chi connectivity index (χ4v) is 15.9. The third-order valence-electron chi connectivity index (χ3n) is 13.5. The quantitative estimate of drug-likeness (QED) is 0.102. The van der Waals surface area contributed by atoms with Gasteiger partial charge in [-0.05, 0) is 94.4 Å². The van der Waals surface area contributed by atoms with Crippen molar-refractivity contribution in [2.24, 2.45) is 0 Å². The van der Waals surface area contributed by atoms with Crippen LogP contribution in [-0.2, 0) is 0 Å². The molecule has 0 amide bonds. The smallest absolute Gasteiger partial charge is 0.181 e. The summed E-state index contributed by atoms with van der Waals surface area (Å²) in [5.41, 5.74) is 11.6. The van der Waals surface area contributed by atoms with E-state index in [9.17, 15) is 0 Å². The summed E-state index contributed by atoms with van der Waals surface area (Å²) in [5.74, 6) is 0. The molecule has 65 heavy (non-hydrogen) atoms. The van der Waals surface area contributed by atoms with Crippen molar-refractivity contribution >= 4 is 95.5 Å². The van der Waals surface area contributed by atoms with E-state index in [0.717, 1.165) is 28.3 Å². The molecule has 0 radical (unpaired) electrons. The Kier molecular flexibility index (Phi) is 9.21. The number of para-hydroxylation sites is 5. The Hall–Kier alpha value is -8.18. The first kappa shape index (κ1) is 38.5. The first-order valence-electron chi connectivity index (χ1n) is 22.4. The van der Waals surface area contributed by atoms with Crippen molar-refractivity contribution in [3.8, 4) is 17.1 Å². The van der Waals surface area contributed by atoms with Gasteiger partial charge < -0.3 is 13.7 Å². The standard InChI is InChI=1S/C61H45N3Si/c1-3-22-51-53(4-2)62(56-41-42-57-60(59(51)56)52-32-18-20-35-55(52)63(57)43-23-9-5-10-24-43)45-37-39-48(40-38-45)65(46-27-13-7-14-28-46,47-29-15-8-16-30-47)58-36-21-33-50-49-31-17-19-34-54(49)64(61(50)58)44-25-11-6-12-26-44/h3-42H,2H2,1H3/b22-3-. The number of hydrogen-bond acceptors (Lipinski definition) is 0. The third-order valence-corrected chi connectivity index (χ3v) is 18.3. The van der Waals surface area contributed by atoms with Crippen LogP contribution in [-0.4, -0.2) is 21.8 Å². The van der Waals surface area contributed by atoms with E-state index < -0.39 is 8.07 Å². The van der Waals surface area contributed by atoms with Gasteiger partial charge in [-0.2, -0.15) is 0 Å². The molecule has 308 valence electrons. The minimum Gasteiger partial charge on any atom is -0.309 e. The van der Waals surface area contributed by atoms with E-state index in [-0.39, 0.29) is 0 Å². The molecule has 0 aliphatic carbocycles. The Morgan fingerprint density at radius 1 is 0.385 bits per heavy atom. The predicted molar refractivity (Wildman–Crippen MR) is 280 cm³/mol. The molecular formula is C61H45N3Si. The zero-order valence-electron chi connectivity index (χ0n) is 36.1. The van der Waals surface area contributed by atoms with Crippen molar-refractivity contribution < 1.29 is 0 Å². The SMILES string of the molecule is C=Cc1c(/C=C\C)c2c3c4ccccc4n(-c4ccccc4)c3ccc2n1-c1ccc([Si](c2ccccc2)(c2ccccc2)c2cccc3c4ccccc4n(-c4ccccc4)c23)cc1. The van der Waals surface area contributed by atoms with Crippen LogP contribution in [0.4, 0.5) is 0 Å². The third kappa shape index (κ3) is 5.74. The van der Waals surface area contributed by atoms with Crippen LogP contribution in [0.5, 0.6) is 0 Å². The second-order valence-corrected chi connectivity index (χ2v) is 20.6. The summed E-state index contributed by atoms with van der Waals surface area (Å²) in [5, 5.41) is 11.5. The molecule has 0 N–H and O–H groups in total. The molecule has 0 aliphatic heterocycles. The summed E-state index contributed by atoms with van der Waals surface area (Å²) in [4.78, 5) is 0. The Balaban J connectivity index is 1.15. The topological polar surface area (TPSA) is 14.8 Å². The number of aromatic nitrogens is 3. The van der Waals surface area contributed by atoms with Crippen molar-refractivity contribution in [1.29, 1.82) is 0 Å². The predicted octanol–water partition coefficient (Wildman–Crippen LogP) is 12.9. The van der Waals surface area contributed by atoms with Gasteiger partial charge in [0.05, 0.1) is 33.3 Å². The summed E-state index contributed by atoms with van der Waals surface area (Å²) in [7, 11) is -3.06. The number of rotatable bonds is 9. The number of allylic oxidation sites excluding steroid dienone is 1. The molecule has 0 spiro atoms. The molecule has 0 saturated carbocycles. The highest BCUT2D eigenvalue weighted by molar-refractivity contribution is 7.20. The zero-order chi connectivity index (χ0) is 43.5. The Bertz CT molecular complexity index is 3720. The normalized spacial score (nSPS) is 12.1. The summed E-state index contributed by atoms with van der Waals surface area (Å²) in [6, 6.07) is 82.9. The molecule has 0 atom stereocenters. The fourth-order valence-electron chi connectivity index (χ4n) is 10.9. The molecule has 4 heteroatoms. The lowest BCUT2D eigenvalue weighted by Gasteiger charge is -2.35. The van der Waals surface area contributed by atoms with Crippen LogP contribution in [0.15, 0.2) is 237 Å². The molecule has 3 heterocycles. The van der Waals surface area contributed by atoms with Gasteiger partial charge in [0.2, 0.25) is 0 Å². The van der Waals surface area contributed by atoms with Crippen LogP contribution in [0.1, 0.15) is 18.2 Å². The average molecular weight is 848 g/mol. The number of hydrogen-bond donors (Lipinski definition) is 0. The molecular weight excluding hydrogens is 803 g/mol. The van der Waals surface area contributed by atoms with Crippen molar-refractivity contribution in [3.63, 3.8) is 0 Å². The second-order valence-electron chi connectivity index (χ2n) is 16.8. The molecule has 12 aromatic rings. The number of fused-ring (bicyclic) bond motifs is 8. The van der Waals surface area contributed by atoms with E-state index in [4.69, 9.17) is 0 Å². The largest absolute Gasteiger partial charge is 0.309 e. The van der Waals surface area contributed by atoms with E-state index in [2.05, 4.69) is 264 Å². The highest BCUT2D eigenvalue weighted by Crippen LogP contribution is 2.42. The van der Waals surface area contributed by atoms with Crippen LogP contribution >= 0.6 is 0 Å². The summed E-state index contributed by atoms with van der Waals surface area (Å²) in [6.45, 7) is 6.56. The molecule has 0 unspecified atom stereocenters. The molecule has 12 rings (SSSR count). The maximum absolute atomic E-state index is 4.45. The lowest BCUT2D eigenvalue weighted by atomic mass is 10.0. The zero-order valence-corrected chi connectivity index (χ0v) is 37.1. The van der Waals surface area contributed by atoms with E-state index in [0.29, 0.717) is 0 Å².